The van der Waals surface area contributed by atoms with E-state index in [1.807, 2.05) is 12.1 Å². The van der Waals surface area contributed by atoms with E-state index in [4.69, 9.17) is 9.47 Å². The summed E-state index contributed by atoms with van der Waals surface area (Å²) in [6, 6.07) is 15.2. The van der Waals surface area contributed by atoms with Crippen molar-refractivity contribution in [2.24, 2.45) is 0 Å². The number of nitrogens with zero attached hydrogens (tertiary/aromatic N) is 1. The van der Waals surface area contributed by atoms with Gasteiger partial charge < -0.3 is 29.9 Å². The fraction of sp³-hybridized carbons (Fsp3) is 0.364. The fourth-order valence-electron chi connectivity index (χ4n) is 3.81. The van der Waals surface area contributed by atoms with Crippen LogP contribution in [0.2, 0.25) is 0 Å². The Bertz CT molecular complexity index is 1160. The summed E-state index contributed by atoms with van der Waals surface area (Å²) in [7, 11) is -3.80. The van der Waals surface area contributed by atoms with Crippen molar-refractivity contribution in [1.29, 1.82) is 0 Å². The van der Waals surface area contributed by atoms with Crippen molar-refractivity contribution in [2.45, 2.75) is 42.0 Å². The van der Waals surface area contributed by atoms with Gasteiger partial charge in [0.2, 0.25) is 0 Å². The molecule has 1 aliphatic heterocycles. The van der Waals surface area contributed by atoms with Gasteiger partial charge in [-0.3, -0.25) is 0 Å². The van der Waals surface area contributed by atoms with Crippen molar-refractivity contribution in [2.75, 3.05) is 13.2 Å². The highest BCUT2D eigenvalue weighted by Gasteiger charge is 2.43. The van der Waals surface area contributed by atoms with E-state index in [2.05, 4.69) is 0 Å². The first-order valence-electron chi connectivity index (χ1n) is 10.2. The van der Waals surface area contributed by atoms with Crippen molar-refractivity contribution in [3.8, 4) is 0 Å². The van der Waals surface area contributed by atoms with Crippen LogP contribution in [0.3, 0.4) is 0 Å². The average Bonchev–Trinajstić information content (AvgIpc) is 3.19. The third kappa shape index (κ3) is 4.18. The summed E-state index contributed by atoms with van der Waals surface area (Å²) in [6.07, 6.45) is -4.94. The molecule has 32 heavy (non-hydrogen) atoms. The molecule has 2 heterocycles. The highest BCUT2D eigenvalue weighted by atomic mass is 32.2. The van der Waals surface area contributed by atoms with Crippen LogP contribution in [0.15, 0.2) is 65.7 Å². The molecule has 5 atom stereocenters. The maximum atomic E-state index is 13.2. The van der Waals surface area contributed by atoms with Gasteiger partial charge in [-0.05, 0) is 30.2 Å². The molecule has 0 spiro atoms. The van der Waals surface area contributed by atoms with Crippen molar-refractivity contribution >= 4 is 20.9 Å². The number of aliphatic hydroxyl groups excluding tert-OH is 4. The lowest BCUT2D eigenvalue weighted by Gasteiger charge is -2.39. The van der Waals surface area contributed by atoms with Gasteiger partial charge in [0, 0.05) is 11.6 Å². The Morgan fingerprint density at radius 2 is 1.62 bits per heavy atom. The van der Waals surface area contributed by atoms with Gasteiger partial charge in [0.25, 0.3) is 10.0 Å². The first kappa shape index (κ1) is 22.9. The largest absolute Gasteiger partial charge is 0.394 e. The number of para-hydroxylation sites is 1. The van der Waals surface area contributed by atoms with Crippen LogP contribution in [0.25, 0.3) is 10.9 Å². The minimum absolute atomic E-state index is 0.0437. The Balaban J connectivity index is 1.55. The van der Waals surface area contributed by atoms with Crippen molar-refractivity contribution in [3.05, 3.63) is 66.4 Å². The van der Waals surface area contributed by atoms with Gasteiger partial charge in [-0.2, -0.15) is 0 Å². The topological polar surface area (TPSA) is 138 Å². The quantitative estimate of drug-likeness (QED) is 0.391. The minimum Gasteiger partial charge on any atom is -0.394 e. The summed E-state index contributed by atoms with van der Waals surface area (Å²) in [5.41, 5.74) is 1.24. The molecule has 0 saturated carbocycles. The molecule has 4 rings (SSSR count). The molecular weight excluding hydrogens is 438 g/mol. The molecule has 4 N–H and O–H groups in total. The van der Waals surface area contributed by atoms with Gasteiger partial charge in [0.05, 0.1) is 23.6 Å². The highest BCUT2D eigenvalue weighted by molar-refractivity contribution is 7.90. The summed E-state index contributed by atoms with van der Waals surface area (Å²) in [6.45, 7) is -0.502. The van der Waals surface area contributed by atoms with Gasteiger partial charge in [0.15, 0.2) is 6.29 Å². The van der Waals surface area contributed by atoms with Crippen LogP contribution < -0.4 is 0 Å². The second kappa shape index (κ2) is 9.28. The van der Waals surface area contributed by atoms with Crippen molar-refractivity contribution in [3.63, 3.8) is 0 Å². The molecule has 1 aromatic heterocycles. The van der Waals surface area contributed by atoms with Crippen LogP contribution in [-0.4, -0.2) is 76.7 Å². The standard InChI is InChI=1S/C22H25NO8S/c24-13-18-19(25)20(26)21(27)22(31-18)30-11-10-14-12-23(17-9-5-4-8-16(14)17)32(28,29)15-6-2-1-3-7-15/h1-9,12,18-22,24-27H,10-11,13H2/t18-,19-,20+,21-,22-/m1/s1. The summed E-state index contributed by atoms with van der Waals surface area (Å²) in [5, 5.41) is 39.9. The predicted octanol–water partition coefficient (Wildman–Crippen LogP) is 0.237. The third-order valence-electron chi connectivity index (χ3n) is 5.56. The van der Waals surface area contributed by atoms with Crippen LogP contribution in [0.4, 0.5) is 0 Å². The van der Waals surface area contributed by atoms with Gasteiger partial charge >= 0.3 is 0 Å². The van der Waals surface area contributed by atoms with E-state index in [0.717, 1.165) is 5.39 Å². The zero-order chi connectivity index (χ0) is 22.9. The first-order chi connectivity index (χ1) is 15.3. The molecule has 1 aliphatic rings. The van der Waals surface area contributed by atoms with Crippen LogP contribution in [0, 0.1) is 0 Å². The van der Waals surface area contributed by atoms with E-state index < -0.39 is 47.3 Å². The van der Waals surface area contributed by atoms with Gasteiger partial charge in [-0.15, -0.1) is 0 Å². The van der Waals surface area contributed by atoms with Crippen LogP contribution >= 0.6 is 0 Å². The van der Waals surface area contributed by atoms with Gasteiger partial charge in [-0.1, -0.05) is 36.4 Å². The van der Waals surface area contributed by atoms with Gasteiger partial charge in [0.1, 0.15) is 24.4 Å². The second-order valence-corrected chi connectivity index (χ2v) is 9.42. The number of ether oxygens (including phenoxy) is 2. The first-order valence-corrected chi connectivity index (χ1v) is 11.6. The maximum absolute atomic E-state index is 13.2. The molecule has 172 valence electrons. The van der Waals surface area contributed by atoms with Crippen LogP contribution in [0.5, 0.6) is 0 Å². The molecule has 0 radical (unpaired) electrons. The van der Waals surface area contributed by atoms with E-state index in [1.54, 1.807) is 36.5 Å². The molecule has 0 unspecified atom stereocenters. The predicted molar refractivity (Wildman–Crippen MR) is 114 cm³/mol. The number of benzene rings is 2. The normalized spacial score (nSPS) is 26.4. The minimum atomic E-state index is -3.80. The van der Waals surface area contributed by atoms with E-state index in [1.165, 1.54) is 16.1 Å². The summed E-state index contributed by atoms with van der Waals surface area (Å²) < 4.78 is 38.5. The molecule has 1 fully saturated rings. The third-order valence-corrected chi connectivity index (χ3v) is 7.25. The lowest BCUT2D eigenvalue weighted by atomic mass is 9.99. The Morgan fingerprint density at radius 1 is 0.938 bits per heavy atom. The van der Waals surface area contributed by atoms with Gasteiger partial charge in [-0.25, -0.2) is 12.4 Å². The highest BCUT2D eigenvalue weighted by Crippen LogP contribution is 2.27. The molecular formula is C22H25NO8S. The van der Waals surface area contributed by atoms with Crippen LogP contribution in [0.1, 0.15) is 5.56 Å². The SMILES string of the molecule is O=S(=O)(c1ccccc1)n1cc(CCO[C@@H]2O[C@H](CO)[C@@H](O)[C@H](O)[C@H]2O)c2ccccc21. The number of rotatable bonds is 7. The lowest BCUT2D eigenvalue weighted by Crippen LogP contribution is -2.59. The second-order valence-electron chi connectivity index (χ2n) is 7.60. The van der Waals surface area contributed by atoms with Crippen molar-refractivity contribution < 1.29 is 38.3 Å². The van der Waals surface area contributed by atoms with E-state index in [9.17, 15) is 28.8 Å². The zero-order valence-corrected chi connectivity index (χ0v) is 17.9. The zero-order valence-electron chi connectivity index (χ0n) is 17.1. The van der Waals surface area contributed by atoms with E-state index in [0.29, 0.717) is 17.5 Å². The molecule has 10 heteroatoms. The molecule has 0 bridgehead atoms. The van der Waals surface area contributed by atoms with Crippen molar-refractivity contribution in [1.82, 2.24) is 3.97 Å². The Labute approximate surface area is 185 Å². The Morgan fingerprint density at radius 3 is 2.34 bits per heavy atom. The number of hydrogen-bond donors (Lipinski definition) is 4. The number of aliphatic hydroxyl groups is 4. The average molecular weight is 464 g/mol. The lowest BCUT2D eigenvalue weighted by molar-refractivity contribution is -0.300. The van der Waals surface area contributed by atoms with E-state index in [-0.39, 0.29) is 11.5 Å². The smallest absolute Gasteiger partial charge is 0.268 e. The summed E-state index contributed by atoms with van der Waals surface area (Å²) in [4.78, 5) is 0.171. The molecule has 2 aromatic carbocycles. The molecule has 0 amide bonds. The Kier molecular flexibility index (Phi) is 6.63. The Hall–Kier alpha value is -2.31. The summed E-state index contributed by atoms with van der Waals surface area (Å²) in [5.74, 6) is 0. The maximum Gasteiger partial charge on any atom is 0.268 e. The molecule has 1 saturated heterocycles. The number of fused-ring (bicyclic) bond motifs is 1. The number of hydrogen-bond acceptors (Lipinski definition) is 8. The molecule has 3 aromatic rings. The fourth-order valence-corrected chi connectivity index (χ4v) is 5.22. The monoisotopic (exact) mass is 463 g/mol. The van der Waals surface area contributed by atoms with E-state index >= 15 is 0 Å². The molecule has 0 aliphatic carbocycles. The summed E-state index contributed by atoms with van der Waals surface area (Å²) >= 11 is 0. The number of aromatic nitrogens is 1. The molecule has 9 nitrogen and oxygen atoms in total. The van der Waals surface area contributed by atoms with Crippen LogP contribution in [-0.2, 0) is 25.9 Å².